The summed E-state index contributed by atoms with van der Waals surface area (Å²) in [4.78, 5) is 2.32. The molecule has 0 aliphatic rings. The minimum absolute atomic E-state index is 0.0598. The molecule has 0 aliphatic heterocycles. The van der Waals surface area contributed by atoms with Crippen molar-refractivity contribution in [1.82, 2.24) is 15.0 Å². The molecule has 0 aliphatic carbocycles. The number of nitrogens with zero attached hydrogens (tertiary/aromatic N) is 4. The van der Waals surface area contributed by atoms with Crippen LogP contribution in [0.3, 0.4) is 0 Å². The molecule has 5 nitrogen and oxygen atoms in total. The quantitative estimate of drug-likeness (QED) is 0.922. The number of nitrogens with two attached hydrogens (primary N) is 1. The van der Waals surface area contributed by atoms with Crippen LogP contribution in [0, 0.1) is 0 Å². The van der Waals surface area contributed by atoms with Gasteiger partial charge in [0.1, 0.15) is 5.69 Å². The Kier molecular flexibility index (Phi) is 4.86. The van der Waals surface area contributed by atoms with Crippen molar-refractivity contribution in [3.8, 4) is 5.69 Å². The third kappa shape index (κ3) is 3.14. The van der Waals surface area contributed by atoms with Gasteiger partial charge in [0.2, 0.25) is 0 Å². The Bertz CT molecular complexity index is 603. The van der Waals surface area contributed by atoms with E-state index < -0.39 is 0 Å². The van der Waals surface area contributed by atoms with Crippen LogP contribution in [0.25, 0.3) is 5.69 Å². The van der Waals surface area contributed by atoms with Crippen molar-refractivity contribution in [1.29, 1.82) is 0 Å². The Morgan fingerprint density at radius 1 is 1.09 bits per heavy atom. The lowest BCUT2D eigenvalue weighted by Gasteiger charge is -2.23. The Balaban J connectivity index is 2.43. The van der Waals surface area contributed by atoms with E-state index in [1.165, 1.54) is 5.69 Å². The van der Waals surface area contributed by atoms with E-state index >= 15 is 0 Å². The Hall–Kier alpha value is -1.88. The Labute approximate surface area is 133 Å². The predicted molar refractivity (Wildman–Crippen MR) is 91.5 cm³/mol. The molecule has 0 spiro atoms. The van der Waals surface area contributed by atoms with Crippen LogP contribution >= 0.6 is 0 Å². The van der Waals surface area contributed by atoms with Crippen LogP contribution in [-0.2, 0) is 12.0 Å². The van der Waals surface area contributed by atoms with E-state index in [9.17, 15) is 0 Å². The van der Waals surface area contributed by atoms with Gasteiger partial charge >= 0.3 is 0 Å². The highest BCUT2D eigenvalue weighted by Gasteiger charge is 2.25. The van der Waals surface area contributed by atoms with Crippen LogP contribution in [0.1, 0.15) is 46.0 Å². The average molecular weight is 301 g/mol. The molecule has 2 N–H and O–H groups in total. The molecular formula is C17H27N5. The summed E-state index contributed by atoms with van der Waals surface area (Å²) in [6, 6.07) is 8.47. The van der Waals surface area contributed by atoms with E-state index in [0.29, 0.717) is 6.54 Å². The molecule has 22 heavy (non-hydrogen) atoms. The summed E-state index contributed by atoms with van der Waals surface area (Å²) in [6.45, 7) is 13.2. The van der Waals surface area contributed by atoms with E-state index in [0.717, 1.165) is 30.2 Å². The van der Waals surface area contributed by atoms with Crippen LogP contribution in [0.15, 0.2) is 24.3 Å². The van der Waals surface area contributed by atoms with Crippen molar-refractivity contribution in [2.24, 2.45) is 5.73 Å². The Morgan fingerprint density at radius 3 is 2.14 bits per heavy atom. The second kappa shape index (κ2) is 6.48. The van der Waals surface area contributed by atoms with E-state index in [4.69, 9.17) is 5.73 Å². The average Bonchev–Trinajstić information content (AvgIpc) is 2.93. The molecule has 2 aromatic rings. The van der Waals surface area contributed by atoms with E-state index in [1.807, 2.05) is 4.68 Å². The molecular weight excluding hydrogens is 274 g/mol. The normalized spacial score (nSPS) is 11.7. The van der Waals surface area contributed by atoms with Crippen LogP contribution < -0.4 is 10.6 Å². The maximum atomic E-state index is 5.82. The molecule has 120 valence electrons. The van der Waals surface area contributed by atoms with Gasteiger partial charge < -0.3 is 10.6 Å². The number of aromatic nitrogens is 3. The molecule has 2 rings (SSSR count). The van der Waals surface area contributed by atoms with Gasteiger partial charge in [0.25, 0.3) is 0 Å². The molecule has 0 radical (unpaired) electrons. The fraction of sp³-hybridized carbons (Fsp3) is 0.529. The highest BCUT2D eigenvalue weighted by atomic mass is 15.4. The molecule has 1 heterocycles. The van der Waals surface area contributed by atoms with Crippen molar-refractivity contribution in [2.75, 3.05) is 18.0 Å². The van der Waals surface area contributed by atoms with Gasteiger partial charge in [0.15, 0.2) is 0 Å². The fourth-order valence-corrected chi connectivity index (χ4v) is 2.78. The van der Waals surface area contributed by atoms with Crippen molar-refractivity contribution in [2.45, 2.75) is 46.6 Å². The monoisotopic (exact) mass is 301 g/mol. The van der Waals surface area contributed by atoms with Crippen molar-refractivity contribution >= 4 is 5.69 Å². The maximum Gasteiger partial charge on any atom is 0.100 e. The molecule has 5 heteroatoms. The predicted octanol–water partition coefficient (Wildman–Crippen LogP) is 2.87. The Morgan fingerprint density at radius 2 is 1.68 bits per heavy atom. The minimum Gasteiger partial charge on any atom is -0.372 e. The lowest BCUT2D eigenvalue weighted by atomic mass is 9.90. The molecule has 0 unspecified atom stereocenters. The van der Waals surface area contributed by atoms with Gasteiger partial charge in [0.05, 0.1) is 11.4 Å². The summed E-state index contributed by atoms with van der Waals surface area (Å²) in [5.41, 5.74) is 9.94. The first-order valence-corrected chi connectivity index (χ1v) is 7.92. The smallest absolute Gasteiger partial charge is 0.100 e. The summed E-state index contributed by atoms with van der Waals surface area (Å²) in [5, 5.41) is 8.56. The lowest BCUT2D eigenvalue weighted by Crippen LogP contribution is -2.22. The zero-order chi connectivity index (χ0) is 16.3. The molecule has 0 atom stereocenters. The van der Waals surface area contributed by atoms with Gasteiger partial charge in [-0.1, -0.05) is 26.0 Å². The number of hydrogen-bond acceptors (Lipinski definition) is 4. The molecule has 0 fully saturated rings. The maximum absolute atomic E-state index is 5.82. The first-order chi connectivity index (χ1) is 10.4. The van der Waals surface area contributed by atoms with Crippen molar-refractivity contribution < 1.29 is 0 Å². The van der Waals surface area contributed by atoms with Crippen molar-refractivity contribution in [3.05, 3.63) is 35.7 Å². The molecule has 0 amide bonds. The SMILES string of the molecule is CCN(CC)c1ccc(-n2nnc(CN)c2C(C)(C)C)cc1. The van der Waals surface area contributed by atoms with Gasteiger partial charge in [0, 0.05) is 30.7 Å². The summed E-state index contributed by atoms with van der Waals surface area (Å²) in [5.74, 6) is 0. The molecule has 0 saturated heterocycles. The molecule has 1 aromatic carbocycles. The molecule has 1 aromatic heterocycles. The zero-order valence-electron chi connectivity index (χ0n) is 14.3. The van der Waals surface area contributed by atoms with E-state index in [1.54, 1.807) is 0 Å². The minimum atomic E-state index is -0.0598. The highest BCUT2D eigenvalue weighted by molar-refractivity contribution is 5.51. The molecule has 0 bridgehead atoms. The highest BCUT2D eigenvalue weighted by Crippen LogP contribution is 2.27. The number of benzene rings is 1. The lowest BCUT2D eigenvalue weighted by molar-refractivity contribution is 0.537. The second-order valence-corrected chi connectivity index (χ2v) is 6.44. The summed E-state index contributed by atoms with van der Waals surface area (Å²) in [6.07, 6.45) is 0. The topological polar surface area (TPSA) is 60.0 Å². The van der Waals surface area contributed by atoms with Gasteiger partial charge in [-0.05, 0) is 38.1 Å². The first-order valence-electron chi connectivity index (χ1n) is 7.92. The largest absolute Gasteiger partial charge is 0.372 e. The van der Waals surface area contributed by atoms with Gasteiger partial charge in [-0.25, -0.2) is 4.68 Å². The molecule has 0 saturated carbocycles. The zero-order valence-corrected chi connectivity index (χ0v) is 14.3. The van der Waals surface area contributed by atoms with Gasteiger partial charge in [-0.2, -0.15) is 0 Å². The number of hydrogen-bond donors (Lipinski definition) is 1. The summed E-state index contributed by atoms with van der Waals surface area (Å²) >= 11 is 0. The second-order valence-electron chi connectivity index (χ2n) is 6.44. The van der Waals surface area contributed by atoms with Crippen molar-refractivity contribution in [3.63, 3.8) is 0 Å². The van der Waals surface area contributed by atoms with Crippen LogP contribution in [0.4, 0.5) is 5.69 Å². The van der Waals surface area contributed by atoms with E-state index in [2.05, 4.69) is 74.1 Å². The fourth-order valence-electron chi connectivity index (χ4n) is 2.78. The first kappa shape index (κ1) is 16.5. The third-order valence-electron chi connectivity index (χ3n) is 3.87. The summed E-state index contributed by atoms with van der Waals surface area (Å²) in [7, 11) is 0. The third-order valence-corrected chi connectivity index (χ3v) is 3.87. The van der Waals surface area contributed by atoms with Crippen LogP contribution in [0.5, 0.6) is 0 Å². The van der Waals surface area contributed by atoms with Crippen LogP contribution in [-0.4, -0.2) is 28.1 Å². The summed E-state index contributed by atoms with van der Waals surface area (Å²) < 4.78 is 1.91. The van der Waals surface area contributed by atoms with Gasteiger partial charge in [-0.15, -0.1) is 5.10 Å². The van der Waals surface area contributed by atoms with Crippen LogP contribution in [0.2, 0.25) is 0 Å². The van der Waals surface area contributed by atoms with Gasteiger partial charge in [-0.3, -0.25) is 0 Å². The standard InChI is InChI=1S/C17H27N5/c1-6-21(7-2)13-8-10-14(11-9-13)22-16(17(3,4)5)15(12-18)19-20-22/h8-11H,6-7,12,18H2,1-5H3. The number of anilines is 1. The van der Waals surface area contributed by atoms with E-state index in [-0.39, 0.29) is 5.41 Å². The number of rotatable bonds is 5.